The zero-order valence-corrected chi connectivity index (χ0v) is 14.2. The van der Waals surface area contributed by atoms with Crippen molar-refractivity contribution in [3.8, 4) is 0 Å². The summed E-state index contributed by atoms with van der Waals surface area (Å²) in [5, 5.41) is 13.5. The maximum Gasteiger partial charge on any atom is 0.290 e. The highest BCUT2D eigenvalue weighted by Crippen LogP contribution is 2.30. The summed E-state index contributed by atoms with van der Waals surface area (Å²) in [5.41, 5.74) is 1.21. The van der Waals surface area contributed by atoms with Gasteiger partial charge in [0.15, 0.2) is 0 Å². The molecule has 3 heterocycles. The summed E-state index contributed by atoms with van der Waals surface area (Å²) < 4.78 is 10.9. The molecule has 1 aromatic carbocycles. The van der Waals surface area contributed by atoms with Gasteiger partial charge in [0.2, 0.25) is 5.76 Å². The summed E-state index contributed by atoms with van der Waals surface area (Å²) in [5.74, 6) is 0.0566. The summed E-state index contributed by atoms with van der Waals surface area (Å²) >= 11 is 0. The average molecular weight is 359 g/mol. The molecule has 2 N–H and O–H groups in total. The Morgan fingerprint density at radius 1 is 1.27 bits per heavy atom. The average Bonchev–Trinajstić information content (AvgIpc) is 3.32. The van der Waals surface area contributed by atoms with Crippen LogP contribution in [0.2, 0.25) is 0 Å². The van der Waals surface area contributed by atoms with Gasteiger partial charge in [-0.15, -0.1) is 0 Å². The van der Waals surface area contributed by atoms with Crippen molar-refractivity contribution in [2.24, 2.45) is 0 Å². The van der Waals surface area contributed by atoms with Gasteiger partial charge in [-0.25, -0.2) is 0 Å². The van der Waals surface area contributed by atoms with Gasteiger partial charge in [-0.05, 0) is 12.0 Å². The second-order valence-corrected chi connectivity index (χ2v) is 6.23. The number of aromatic nitrogens is 1. The van der Waals surface area contributed by atoms with Crippen LogP contribution in [0, 0.1) is 0 Å². The number of morpholine rings is 1. The number of carbonyl (C=O) groups is 2. The smallest absolute Gasteiger partial charge is 0.290 e. The molecule has 2 aliphatic rings. The van der Waals surface area contributed by atoms with Crippen LogP contribution in [0.15, 0.2) is 47.1 Å². The van der Waals surface area contributed by atoms with E-state index >= 15 is 0 Å². The molecule has 8 heteroatoms. The Labute approximate surface area is 150 Å². The summed E-state index contributed by atoms with van der Waals surface area (Å²) in [4.78, 5) is 22.8. The van der Waals surface area contributed by atoms with E-state index in [1.54, 1.807) is 6.07 Å². The van der Waals surface area contributed by atoms with Gasteiger partial charge in [-0.2, -0.15) is 0 Å². The number of ether oxygens (including phenoxy) is 1. The Morgan fingerprint density at radius 3 is 2.73 bits per heavy atom. The van der Waals surface area contributed by atoms with E-state index in [0.29, 0.717) is 12.6 Å². The van der Waals surface area contributed by atoms with Gasteiger partial charge in [0.25, 0.3) is 12.4 Å². The zero-order chi connectivity index (χ0) is 18.4. The Bertz CT molecular complexity index is 707. The number of hydrogen-bond donors (Lipinski definition) is 2. The van der Waals surface area contributed by atoms with E-state index in [1.807, 2.05) is 18.2 Å². The number of nitrogens with zero attached hydrogens (tertiary/aromatic N) is 2. The third-order valence-corrected chi connectivity index (χ3v) is 4.59. The minimum Gasteiger partial charge on any atom is -0.483 e. The molecule has 1 amide bonds. The minimum atomic E-state index is -0.250. The second-order valence-electron chi connectivity index (χ2n) is 6.23. The lowest BCUT2D eigenvalue weighted by molar-refractivity contribution is -0.122. The van der Waals surface area contributed by atoms with Gasteiger partial charge in [-0.1, -0.05) is 35.5 Å². The molecule has 3 atom stereocenters. The standard InChI is InChI=1S/C17H19N3O3.CH2O2/c21-17(15-6-7-18-23-15)19-13-8-14-11-22-16(10-20(14)9-13)12-4-2-1-3-5-12;2-1-3/h1-7,13-14,16H,8-11H2,(H,19,21);1H,(H,2,3)/t13-,14+,16-;/m1./s1. The predicted octanol–water partition coefficient (Wildman–Crippen LogP) is 1.32. The maximum absolute atomic E-state index is 12.1. The molecule has 0 spiro atoms. The molecule has 1 aromatic heterocycles. The van der Waals surface area contributed by atoms with Gasteiger partial charge < -0.3 is 19.7 Å². The molecule has 8 nitrogen and oxygen atoms in total. The lowest BCUT2D eigenvalue weighted by Crippen LogP contribution is -2.43. The van der Waals surface area contributed by atoms with Crippen LogP contribution in [-0.2, 0) is 9.53 Å². The van der Waals surface area contributed by atoms with E-state index in [1.165, 1.54) is 11.8 Å². The molecule has 2 aliphatic heterocycles. The first kappa shape index (κ1) is 18.1. The number of hydrogen-bond acceptors (Lipinski definition) is 6. The molecular formula is C18H21N3O5. The third-order valence-electron chi connectivity index (χ3n) is 4.59. The molecule has 0 bridgehead atoms. The molecule has 0 unspecified atom stereocenters. The normalized spacial score (nSPS) is 24.8. The van der Waals surface area contributed by atoms with E-state index in [0.717, 1.165) is 19.5 Å². The van der Waals surface area contributed by atoms with Gasteiger partial charge in [0, 0.05) is 31.2 Å². The molecule has 2 fully saturated rings. The number of carbonyl (C=O) groups excluding carboxylic acids is 1. The SMILES string of the molecule is O=C(N[C@@H]1C[C@H]2CO[C@@H](c3ccccc3)CN2C1)c1ccno1.O=CO. The van der Waals surface area contributed by atoms with Gasteiger partial charge in [-0.3, -0.25) is 14.5 Å². The van der Waals surface area contributed by atoms with Crippen molar-refractivity contribution in [3.05, 3.63) is 53.9 Å². The van der Waals surface area contributed by atoms with Gasteiger partial charge in [0.05, 0.1) is 18.9 Å². The van der Waals surface area contributed by atoms with E-state index in [-0.39, 0.29) is 30.3 Å². The number of nitrogens with one attached hydrogen (secondary N) is 1. The molecule has 2 saturated heterocycles. The van der Waals surface area contributed by atoms with Crippen molar-refractivity contribution < 1.29 is 24.0 Å². The highest BCUT2D eigenvalue weighted by Gasteiger charge is 2.38. The highest BCUT2D eigenvalue weighted by atomic mass is 16.5. The summed E-state index contributed by atoms with van der Waals surface area (Å²) in [6.07, 6.45) is 2.49. The number of carboxylic acid groups (broad SMARTS) is 1. The summed E-state index contributed by atoms with van der Waals surface area (Å²) in [6, 6.07) is 12.4. The fourth-order valence-electron chi connectivity index (χ4n) is 3.44. The van der Waals surface area contributed by atoms with E-state index in [4.69, 9.17) is 19.2 Å². The van der Waals surface area contributed by atoms with Gasteiger partial charge >= 0.3 is 0 Å². The highest BCUT2D eigenvalue weighted by molar-refractivity contribution is 5.91. The molecule has 0 radical (unpaired) electrons. The maximum atomic E-state index is 12.1. The van der Waals surface area contributed by atoms with E-state index in [9.17, 15) is 4.79 Å². The van der Waals surface area contributed by atoms with Crippen molar-refractivity contribution in [2.75, 3.05) is 19.7 Å². The van der Waals surface area contributed by atoms with Crippen LogP contribution < -0.4 is 5.32 Å². The van der Waals surface area contributed by atoms with E-state index < -0.39 is 0 Å². The van der Waals surface area contributed by atoms with Crippen LogP contribution in [0.4, 0.5) is 0 Å². The quantitative estimate of drug-likeness (QED) is 0.796. The van der Waals surface area contributed by atoms with Crippen LogP contribution in [0.25, 0.3) is 0 Å². The first-order valence-electron chi connectivity index (χ1n) is 8.41. The van der Waals surface area contributed by atoms with Crippen LogP contribution in [0.1, 0.15) is 28.6 Å². The van der Waals surface area contributed by atoms with E-state index in [2.05, 4.69) is 27.5 Å². The third kappa shape index (κ3) is 4.27. The molecule has 138 valence electrons. The number of rotatable bonds is 3. The molecule has 4 rings (SSSR count). The lowest BCUT2D eigenvalue weighted by atomic mass is 10.1. The number of amides is 1. The molecule has 26 heavy (non-hydrogen) atoms. The fraction of sp³-hybridized carbons (Fsp3) is 0.389. The van der Waals surface area contributed by atoms with Crippen molar-refractivity contribution >= 4 is 12.4 Å². The molecule has 0 aliphatic carbocycles. The first-order valence-corrected chi connectivity index (χ1v) is 8.41. The zero-order valence-electron chi connectivity index (χ0n) is 14.2. The number of benzene rings is 1. The van der Waals surface area contributed by atoms with Crippen LogP contribution in [0.3, 0.4) is 0 Å². The van der Waals surface area contributed by atoms with Crippen molar-refractivity contribution in [1.82, 2.24) is 15.4 Å². The Balaban J connectivity index is 0.000000613. The molecule has 2 aromatic rings. The predicted molar refractivity (Wildman–Crippen MR) is 91.6 cm³/mol. The summed E-state index contributed by atoms with van der Waals surface area (Å²) in [6.45, 7) is 2.16. The van der Waals surface area contributed by atoms with Crippen molar-refractivity contribution in [2.45, 2.75) is 24.6 Å². The molecular weight excluding hydrogens is 338 g/mol. The van der Waals surface area contributed by atoms with Crippen LogP contribution in [-0.4, -0.2) is 59.3 Å². The lowest BCUT2D eigenvalue weighted by Gasteiger charge is -2.35. The van der Waals surface area contributed by atoms with Crippen LogP contribution in [0.5, 0.6) is 0 Å². The topological polar surface area (TPSA) is 105 Å². The Kier molecular flexibility index (Phi) is 5.98. The van der Waals surface area contributed by atoms with Gasteiger partial charge in [0.1, 0.15) is 0 Å². The van der Waals surface area contributed by atoms with Crippen molar-refractivity contribution in [1.29, 1.82) is 0 Å². The monoisotopic (exact) mass is 359 g/mol. The molecule has 0 saturated carbocycles. The second kappa shape index (κ2) is 8.59. The fourth-order valence-corrected chi connectivity index (χ4v) is 3.44. The van der Waals surface area contributed by atoms with Crippen molar-refractivity contribution in [3.63, 3.8) is 0 Å². The Hall–Kier alpha value is -2.71. The largest absolute Gasteiger partial charge is 0.483 e. The summed E-state index contributed by atoms with van der Waals surface area (Å²) in [7, 11) is 0. The first-order chi connectivity index (χ1) is 12.7. The van der Waals surface area contributed by atoms with Crippen LogP contribution >= 0.6 is 0 Å². The number of fused-ring (bicyclic) bond motifs is 1. The Morgan fingerprint density at radius 2 is 2.04 bits per heavy atom. The minimum absolute atomic E-state index is 0.108.